The SMILES string of the molecule is O=C(O)CCCC=CCSc1ccc2ccccc2c1. The van der Waals surface area contributed by atoms with Gasteiger partial charge < -0.3 is 5.11 Å². The van der Waals surface area contributed by atoms with Gasteiger partial charge in [-0.05, 0) is 35.7 Å². The Bertz CT molecular complexity index is 605. The summed E-state index contributed by atoms with van der Waals surface area (Å²) in [6, 6.07) is 14.8. The minimum Gasteiger partial charge on any atom is -0.481 e. The monoisotopic (exact) mass is 286 g/mol. The normalized spacial score (nSPS) is 11.2. The summed E-state index contributed by atoms with van der Waals surface area (Å²) in [5.74, 6) is 0.203. The third kappa shape index (κ3) is 4.74. The summed E-state index contributed by atoms with van der Waals surface area (Å²) >= 11 is 1.80. The molecule has 20 heavy (non-hydrogen) atoms. The third-order valence-corrected chi connectivity index (χ3v) is 3.94. The van der Waals surface area contributed by atoms with Gasteiger partial charge >= 0.3 is 5.97 Å². The van der Waals surface area contributed by atoms with Crippen LogP contribution >= 0.6 is 11.8 Å². The van der Waals surface area contributed by atoms with E-state index >= 15 is 0 Å². The maximum Gasteiger partial charge on any atom is 0.303 e. The number of carboxylic acid groups (broad SMARTS) is 1. The molecule has 0 radical (unpaired) electrons. The molecule has 2 rings (SSSR count). The van der Waals surface area contributed by atoms with Gasteiger partial charge in [0.05, 0.1) is 0 Å². The Hall–Kier alpha value is -1.74. The van der Waals surface area contributed by atoms with Gasteiger partial charge in [0.25, 0.3) is 0 Å². The first-order valence-corrected chi connectivity index (χ1v) is 7.72. The molecule has 104 valence electrons. The number of aliphatic carboxylic acids is 1. The molecular formula is C17H18O2S. The molecule has 0 aromatic heterocycles. The fraction of sp³-hybridized carbons (Fsp3) is 0.235. The maximum atomic E-state index is 10.4. The standard InChI is InChI=1S/C17H18O2S/c18-17(19)9-3-1-2-6-12-20-16-11-10-14-7-4-5-8-15(14)13-16/h2,4-8,10-11,13H,1,3,9,12H2,(H,18,19). The lowest BCUT2D eigenvalue weighted by Crippen LogP contribution is -1.92. The average molecular weight is 286 g/mol. The second kappa shape index (κ2) is 7.75. The highest BCUT2D eigenvalue weighted by atomic mass is 32.2. The van der Waals surface area contributed by atoms with E-state index < -0.39 is 5.97 Å². The van der Waals surface area contributed by atoms with Gasteiger partial charge in [0.1, 0.15) is 0 Å². The first-order chi connectivity index (χ1) is 9.75. The fourth-order valence-electron chi connectivity index (χ4n) is 1.96. The van der Waals surface area contributed by atoms with E-state index in [0.717, 1.165) is 12.2 Å². The summed E-state index contributed by atoms with van der Waals surface area (Å²) < 4.78 is 0. The predicted molar refractivity (Wildman–Crippen MR) is 85.3 cm³/mol. The van der Waals surface area contributed by atoms with Gasteiger partial charge in [0.15, 0.2) is 0 Å². The molecule has 0 aliphatic heterocycles. The highest BCUT2D eigenvalue weighted by Gasteiger charge is 1.96. The van der Waals surface area contributed by atoms with E-state index in [1.165, 1.54) is 15.7 Å². The van der Waals surface area contributed by atoms with E-state index in [1.807, 2.05) is 0 Å². The molecule has 0 atom stereocenters. The summed E-state index contributed by atoms with van der Waals surface area (Å²) in [5.41, 5.74) is 0. The van der Waals surface area contributed by atoms with Gasteiger partial charge in [0, 0.05) is 17.1 Å². The number of carboxylic acids is 1. The maximum absolute atomic E-state index is 10.4. The Kier molecular flexibility index (Phi) is 5.69. The number of allylic oxidation sites excluding steroid dienone is 1. The highest BCUT2D eigenvalue weighted by Crippen LogP contribution is 2.23. The number of thioether (sulfide) groups is 1. The lowest BCUT2D eigenvalue weighted by molar-refractivity contribution is -0.137. The molecule has 1 N–H and O–H groups in total. The Morgan fingerprint density at radius 3 is 2.70 bits per heavy atom. The van der Waals surface area contributed by atoms with Crippen molar-refractivity contribution in [1.82, 2.24) is 0 Å². The second-order valence-electron chi connectivity index (χ2n) is 4.58. The van der Waals surface area contributed by atoms with Crippen LogP contribution in [0, 0.1) is 0 Å². The molecule has 0 heterocycles. The molecule has 0 bridgehead atoms. The van der Waals surface area contributed by atoms with E-state index in [2.05, 4.69) is 54.6 Å². The Labute approximate surface area is 123 Å². The highest BCUT2D eigenvalue weighted by molar-refractivity contribution is 7.99. The topological polar surface area (TPSA) is 37.3 Å². The zero-order valence-corrected chi connectivity index (χ0v) is 12.1. The molecule has 0 aliphatic carbocycles. The van der Waals surface area contributed by atoms with Gasteiger partial charge in [-0.2, -0.15) is 0 Å². The molecular weight excluding hydrogens is 268 g/mol. The fourth-order valence-corrected chi connectivity index (χ4v) is 2.76. The molecule has 0 saturated carbocycles. The van der Waals surface area contributed by atoms with Gasteiger partial charge in [-0.3, -0.25) is 4.79 Å². The number of benzene rings is 2. The van der Waals surface area contributed by atoms with Crippen LogP contribution in [0.2, 0.25) is 0 Å². The first-order valence-electron chi connectivity index (χ1n) is 6.74. The number of unbranched alkanes of at least 4 members (excludes halogenated alkanes) is 1. The predicted octanol–water partition coefficient (Wildman–Crippen LogP) is 4.74. The molecule has 2 aromatic rings. The van der Waals surface area contributed by atoms with Crippen LogP contribution in [-0.2, 0) is 4.79 Å². The Morgan fingerprint density at radius 1 is 1.10 bits per heavy atom. The van der Waals surface area contributed by atoms with Crippen molar-refractivity contribution in [3.63, 3.8) is 0 Å². The zero-order chi connectivity index (χ0) is 14.2. The van der Waals surface area contributed by atoms with Crippen LogP contribution in [0.1, 0.15) is 19.3 Å². The number of carbonyl (C=O) groups is 1. The molecule has 2 nitrogen and oxygen atoms in total. The molecule has 0 fully saturated rings. The van der Waals surface area contributed by atoms with Crippen molar-refractivity contribution in [3.05, 3.63) is 54.6 Å². The number of rotatable bonds is 7. The van der Waals surface area contributed by atoms with E-state index in [1.54, 1.807) is 11.8 Å². The molecule has 0 saturated heterocycles. The molecule has 0 unspecified atom stereocenters. The van der Waals surface area contributed by atoms with Crippen LogP contribution < -0.4 is 0 Å². The number of hydrogen-bond donors (Lipinski definition) is 1. The van der Waals surface area contributed by atoms with Gasteiger partial charge in [0.2, 0.25) is 0 Å². The smallest absolute Gasteiger partial charge is 0.303 e. The van der Waals surface area contributed by atoms with Crippen molar-refractivity contribution in [1.29, 1.82) is 0 Å². The number of fused-ring (bicyclic) bond motifs is 1. The van der Waals surface area contributed by atoms with Crippen molar-refractivity contribution in [3.8, 4) is 0 Å². The minimum absolute atomic E-state index is 0.252. The van der Waals surface area contributed by atoms with Gasteiger partial charge in [-0.1, -0.05) is 42.5 Å². The molecule has 3 heteroatoms. The minimum atomic E-state index is -0.719. The van der Waals surface area contributed by atoms with Crippen molar-refractivity contribution >= 4 is 28.5 Å². The van der Waals surface area contributed by atoms with Crippen molar-refractivity contribution in [2.75, 3.05) is 5.75 Å². The van der Waals surface area contributed by atoms with Crippen LogP contribution in [0.5, 0.6) is 0 Å². The molecule has 2 aromatic carbocycles. The summed E-state index contributed by atoms with van der Waals surface area (Å²) in [6.45, 7) is 0. The van der Waals surface area contributed by atoms with Gasteiger partial charge in [-0.15, -0.1) is 11.8 Å². The summed E-state index contributed by atoms with van der Waals surface area (Å²) in [4.78, 5) is 11.6. The Balaban J connectivity index is 1.78. The average Bonchev–Trinajstić information content (AvgIpc) is 2.46. The summed E-state index contributed by atoms with van der Waals surface area (Å²) in [7, 11) is 0. The van der Waals surface area contributed by atoms with Crippen LogP contribution in [0.4, 0.5) is 0 Å². The van der Waals surface area contributed by atoms with E-state index in [0.29, 0.717) is 6.42 Å². The van der Waals surface area contributed by atoms with Crippen molar-refractivity contribution < 1.29 is 9.90 Å². The molecule has 0 spiro atoms. The van der Waals surface area contributed by atoms with E-state index in [9.17, 15) is 4.79 Å². The van der Waals surface area contributed by atoms with Crippen LogP contribution in [0.25, 0.3) is 10.8 Å². The van der Waals surface area contributed by atoms with Crippen molar-refractivity contribution in [2.45, 2.75) is 24.2 Å². The summed E-state index contributed by atoms with van der Waals surface area (Å²) in [5, 5.41) is 11.1. The quantitative estimate of drug-likeness (QED) is 0.453. The lowest BCUT2D eigenvalue weighted by atomic mass is 10.1. The Morgan fingerprint density at radius 2 is 1.90 bits per heavy atom. The second-order valence-corrected chi connectivity index (χ2v) is 5.67. The summed E-state index contributed by atoms with van der Waals surface area (Å²) in [6.07, 6.45) is 5.98. The zero-order valence-electron chi connectivity index (χ0n) is 11.3. The van der Waals surface area contributed by atoms with Crippen LogP contribution in [0.15, 0.2) is 59.5 Å². The van der Waals surface area contributed by atoms with Gasteiger partial charge in [-0.25, -0.2) is 0 Å². The van der Waals surface area contributed by atoms with Crippen molar-refractivity contribution in [2.24, 2.45) is 0 Å². The third-order valence-electron chi connectivity index (χ3n) is 3.00. The molecule has 0 aliphatic rings. The largest absolute Gasteiger partial charge is 0.481 e. The van der Waals surface area contributed by atoms with Crippen LogP contribution in [0.3, 0.4) is 0 Å². The van der Waals surface area contributed by atoms with E-state index in [-0.39, 0.29) is 6.42 Å². The first kappa shape index (κ1) is 14.7. The lowest BCUT2D eigenvalue weighted by Gasteiger charge is -2.01. The van der Waals surface area contributed by atoms with E-state index in [4.69, 9.17) is 5.11 Å². The van der Waals surface area contributed by atoms with Crippen LogP contribution in [-0.4, -0.2) is 16.8 Å². The molecule has 0 amide bonds. The number of hydrogen-bond acceptors (Lipinski definition) is 2.